The number of pyridine rings is 2. The van der Waals surface area contributed by atoms with E-state index in [0.29, 0.717) is 49.2 Å². The summed E-state index contributed by atoms with van der Waals surface area (Å²) in [4.78, 5) is 36.2. The van der Waals surface area contributed by atoms with Crippen molar-refractivity contribution in [2.24, 2.45) is 0 Å². The molecule has 6 rings (SSSR count). The van der Waals surface area contributed by atoms with Crippen molar-refractivity contribution in [3.63, 3.8) is 0 Å². The summed E-state index contributed by atoms with van der Waals surface area (Å²) >= 11 is 13.3. The highest BCUT2D eigenvalue weighted by atomic mass is 35.5. The van der Waals surface area contributed by atoms with Crippen LogP contribution in [0, 0.1) is 13.8 Å². The Morgan fingerprint density at radius 1 is 0.696 bits per heavy atom. The molecule has 0 saturated carbocycles. The first-order chi connectivity index (χ1) is 27.0. The van der Waals surface area contributed by atoms with Gasteiger partial charge in [-0.1, -0.05) is 59.6 Å². The number of aliphatic carboxylic acids is 2. The quantitative estimate of drug-likeness (QED) is 0.148. The average Bonchev–Trinajstić information content (AvgIpc) is 3.18. The Morgan fingerprint density at radius 3 is 1.48 bits per heavy atom. The molecule has 16 heteroatoms. The van der Waals surface area contributed by atoms with Gasteiger partial charge in [0.2, 0.25) is 23.5 Å². The summed E-state index contributed by atoms with van der Waals surface area (Å²) in [6.45, 7) is 6.94. The number of halogens is 2. The van der Waals surface area contributed by atoms with E-state index in [1.54, 1.807) is 21.9 Å². The van der Waals surface area contributed by atoms with Crippen LogP contribution in [0.2, 0.25) is 10.0 Å². The van der Waals surface area contributed by atoms with Gasteiger partial charge in [-0.15, -0.1) is 0 Å². The number of benzene rings is 2. The molecule has 2 unspecified atom stereocenters. The first-order valence-electron chi connectivity index (χ1n) is 18.0. The summed E-state index contributed by atoms with van der Waals surface area (Å²) in [5.74, 6) is -0.916. The molecule has 0 amide bonds. The molecule has 2 saturated heterocycles. The minimum absolute atomic E-state index is 0.100. The smallest absolute Gasteiger partial charge is 0.323 e. The van der Waals surface area contributed by atoms with Crippen LogP contribution in [-0.4, -0.2) is 108 Å². The predicted molar refractivity (Wildman–Crippen MR) is 207 cm³/mol. The van der Waals surface area contributed by atoms with E-state index in [4.69, 9.17) is 51.6 Å². The normalized spacial score (nSPS) is 17.7. The molecule has 2 fully saturated rings. The third kappa shape index (κ3) is 9.28. The highest BCUT2D eigenvalue weighted by Crippen LogP contribution is 2.35. The van der Waals surface area contributed by atoms with Crippen LogP contribution in [0.25, 0.3) is 11.1 Å². The minimum atomic E-state index is -0.958. The zero-order chi connectivity index (χ0) is 39.9. The zero-order valence-corrected chi connectivity index (χ0v) is 33.1. The fourth-order valence-electron chi connectivity index (χ4n) is 6.87. The van der Waals surface area contributed by atoms with Crippen molar-refractivity contribution in [1.82, 2.24) is 19.8 Å². The minimum Gasteiger partial charge on any atom is -0.481 e. The molecular weight excluding hydrogens is 767 g/mol. The van der Waals surface area contributed by atoms with E-state index in [-0.39, 0.29) is 61.3 Å². The van der Waals surface area contributed by atoms with E-state index in [1.165, 1.54) is 14.2 Å². The van der Waals surface area contributed by atoms with Crippen molar-refractivity contribution in [1.29, 1.82) is 0 Å². The lowest BCUT2D eigenvalue weighted by Gasteiger charge is -2.33. The Balaban J connectivity index is 1.15. The van der Waals surface area contributed by atoms with Crippen molar-refractivity contribution >= 4 is 35.1 Å². The molecule has 0 bridgehead atoms. The van der Waals surface area contributed by atoms with E-state index in [1.807, 2.05) is 38.1 Å². The molecule has 0 spiro atoms. The van der Waals surface area contributed by atoms with Crippen LogP contribution in [0.5, 0.6) is 23.5 Å². The third-order valence-corrected chi connectivity index (χ3v) is 10.6. The number of ether oxygens (including phenoxy) is 6. The van der Waals surface area contributed by atoms with E-state index < -0.39 is 24.0 Å². The number of carbonyl (C=O) groups is 2. The van der Waals surface area contributed by atoms with Crippen LogP contribution < -0.4 is 18.9 Å². The summed E-state index contributed by atoms with van der Waals surface area (Å²) < 4.78 is 34.1. The number of morpholine rings is 2. The van der Waals surface area contributed by atoms with Crippen LogP contribution in [0.4, 0.5) is 0 Å². The molecule has 298 valence electrons. The van der Waals surface area contributed by atoms with Crippen LogP contribution in [0.1, 0.15) is 33.4 Å². The SMILES string of the molecule is COc1nc(OCc2cccc(-c3cccc(COc4nc(OC)c(CN5CCOCC5C(=O)O)cc4Cl)c3C)c2C)c(Cl)cc1CN1CCOCC1C(=O)O. The van der Waals surface area contributed by atoms with Gasteiger partial charge in [0.1, 0.15) is 35.3 Å². The molecule has 56 heavy (non-hydrogen) atoms. The maximum Gasteiger partial charge on any atom is 0.323 e. The maximum absolute atomic E-state index is 11.8. The van der Waals surface area contributed by atoms with Crippen LogP contribution in [-0.2, 0) is 45.4 Å². The summed E-state index contributed by atoms with van der Waals surface area (Å²) in [7, 11) is 2.99. The Bertz CT molecular complexity index is 1920. The molecule has 4 heterocycles. The average molecular weight is 812 g/mol. The Hall–Kier alpha value is -4.70. The lowest BCUT2D eigenvalue weighted by atomic mass is 9.92. The number of nitrogens with zero attached hydrogens (tertiary/aromatic N) is 4. The molecule has 2 aliphatic rings. The molecule has 2 aromatic carbocycles. The summed E-state index contributed by atoms with van der Waals surface area (Å²) in [5.41, 5.74) is 7.19. The van der Waals surface area contributed by atoms with Gasteiger partial charge in [0.25, 0.3) is 0 Å². The van der Waals surface area contributed by atoms with Gasteiger partial charge in [-0.2, -0.15) is 9.97 Å². The largest absolute Gasteiger partial charge is 0.481 e. The van der Waals surface area contributed by atoms with Crippen molar-refractivity contribution in [3.8, 4) is 34.6 Å². The Morgan fingerprint density at radius 2 is 1.11 bits per heavy atom. The number of hydrogen-bond donors (Lipinski definition) is 2. The van der Waals surface area contributed by atoms with Gasteiger partial charge >= 0.3 is 11.9 Å². The Labute approximate surface area is 334 Å². The van der Waals surface area contributed by atoms with Crippen LogP contribution in [0.3, 0.4) is 0 Å². The molecule has 2 aromatic heterocycles. The van der Waals surface area contributed by atoms with E-state index >= 15 is 0 Å². The molecule has 0 radical (unpaired) electrons. The number of hydrogen-bond acceptors (Lipinski definition) is 12. The molecule has 2 atom stereocenters. The highest BCUT2D eigenvalue weighted by molar-refractivity contribution is 6.32. The third-order valence-electron chi connectivity index (χ3n) is 10.1. The molecule has 4 aromatic rings. The number of rotatable bonds is 15. The van der Waals surface area contributed by atoms with Crippen molar-refractivity contribution in [2.45, 2.75) is 52.2 Å². The van der Waals surface area contributed by atoms with Gasteiger partial charge in [-0.05, 0) is 59.4 Å². The Kier molecular flexibility index (Phi) is 13.5. The van der Waals surface area contributed by atoms with Crippen molar-refractivity contribution in [2.75, 3.05) is 53.7 Å². The molecule has 2 aliphatic heterocycles. The van der Waals surface area contributed by atoms with Gasteiger partial charge in [-0.25, -0.2) is 0 Å². The van der Waals surface area contributed by atoms with Crippen LogP contribution in [0.15, 0.2) is 48.5 Å². The van der Waals surface area contributed by atoms with Gasteiger partial charge in [-0.3, -0.25) is 19.4 Å². The number of methoxy groups -OCH3 is 2. The molecule has 0 aliphatic carbocycles. The van der Waals surface area contributed by atoms with Gasteiger partial charge in [0.05, 0.1) is 40.6 Å². The highest BCUT2D eigenvalue weighted by Gasteiger charge is 2.32. The second-order valence-corrected chi connectivity index (χ2v) is 14.3. The maximum atomic E-state index is 11.8. The number of carboxylic acids is 2. The molecular formula is C40H44Cl2N4O10. The summed E-state index contributed by atoms with van der Waals surface area (Å²) in [6.07, 6.45) is 0. The van der Waals surface area contributed by atoms with Crippen molar-refractivity contribution in [3.05, 3.63) is 92.0 Å². The lowest BCUT2D eigenvalue weighted by Crippen LogP contribution is -2.49. The first kappa shape index (κ1) is 40.9. The first-order valence-corrected chi connectivity index (χ1v) is 18.7. The van der Waals surface area contributed by atoms with E-state index in [2.05, 4.69) is 22.1 Å². The van der Waals surface area contributed by atoms with Crippen molar-refractivity contribution < 1.29 is 48.2 Å². The topological polar surface area (TPSA) is 162 Å². The lowest BCUT2D eigenvalue weighted by molar-refractivity contribution is -0.151. The van der Waals surface area contributed by atoms with Crippen LogP contribution >= 0.6 is 23.2 Å². The van der Waals surface area contributed by atoms with Gasteiger partial charge in [0.15, 0.2) is 0 Å². The zero-order valence-electron chi connectivity index (χ0n) is 31.5. The summed E-state index contributed by atoms with van der Waals surface area (Å²) in [6, 6.07) is 13.8. The van der Waals surface area contributed by atoms with E-state index in [9.17, 15) is 19.8 Å². The number of aromatic nitrogens is 2. The summed E-state index contributed by atoms with van der Waals surface area (Å²) in [5, 5.41) is 19.9. The molecule has 2 N–H and O–H groups in total. The fraction of sp³-hybridized carbons (Fsp3) is 0.400. The second-order valence-electron chi connectivity index (χ2n) is 13.4. The standard InChI is InChI=1S/C40H44Cl2N4O10/c1-23-25(19-55-37-31(41)15-27(35(43-37)51-3)17-45-11-13-53-21-33(45)39(47)48)7-5-9-29(23)30-10-6-8-26(24(30)2)20-56-38-32(42)16-28(36(44-38)52-4)18-46-12-14-54-22-34(46)40(49)50/h5-10,15-16,33-34H,11-14,17-22H2,1-4H3,(H,47,48)(H,49,50). The molecule has 14 nitrogen and oxygen atoms in total. The second kappa shape index (κ2) is 18.5. The fourth-order valence-corrected chi connectivity index (χ4v) is 7.33. The van der Waals surface area contributed by atoms with Gasteiger partial charge < -0.3 is 38.6 Å². The van der Waals surface area contributed by atoms with E-state index in [0.717, 1.165) is 33.4 Å². The van der Waals surface area contributed by atoms with Gasteiger partial charge in [0, 0.05) is 37.3 Å². The predicted octanol–water partition coefficient (Wildman–Crippen LogP) is 5.81. The number of carboxylic acid groups (broad SMARTS) is 2. The monoisotopic (exact) mass is 810 g/mol.